The van der Waals surface area contributed by atoms with Crippen molar-refractivity contribution in [1.82, 2.24) is 15.1 Å². The van der Waals surface area contributed by atoms with Crippen molar-refractivity contribution >= 4 is 5.91 Å². The Kier molecular flexibility index (Phi) is 7.63. The van der Waals surface area contributed by atoms with Crippen LogP contribution >= 0.6 is 0 Å². The molecule has 1 heterocycles. The number of nitrogens with one attached hydrogen (secondary N) is 1. The average molecular weight is 298 g/mol. The van der Waals surface area contributed by atoms with Crippen LogP contribution in [0.2, 0.25) is 0 Å². The molecule has 1 aliphatic rings. The molecule has 1 rings (SSSR count). The smallest absolute Gasteiger partial charge is 0.237 e. The van der Waals surface area contributed by atoms with Gasteiger partial charge in [0, 0.05) is 12.6 Å². The maximum absolute atomic E-state index is 11.4. The number of carbonyl (C=O) groups excluding carboxylic acids is 1. The van der Waals surface area contributed by atoms with Gasteiger partial charge in [-0.3, -0.25) is 9.69 Å². The quantitative estimate of drug-likeness (QED) is 0.592. The van der Waals surface area contributed by atoms with Crippen LogP contribution in [-0.4, -0.2) is 67.6 Å². The van der Waals surface area contributed by atoms with Crippen LogP contribution in [0.25, 0.3) is 0 Å². The Balaban J connectivity index is 2.21. The summed E-state index contributed by atoms with van der Waals surface area (Å²) in [7, 11) is 4.01. The minimum Gasteiger partial charge on any atom is -0.368 e. The SMILES string of the molecule is CCN1CCCC1CN(C)CCCCC(C)(NC)C(N)=O. The zero-order valence-corrected chi connectivity index (χ0v) is 14.3. The van der Waals surface area contributed by atoms with Crippen molar-refractivity contribution in [3.8, 4) is 0 Å². The summed E-state index contributed by atoms with van der Waals surface area (Å²) in [6, 6.07) is 0.730. The van der Waals surface area contributed by atoms with Crippen molar-refractivity contribution in [3.63, 3.8) is 0 Å². The van der Waals surface area contributed by atoms with Gasteiger partial charge in [0.2, 0.25) is 5.91 Å². The van der Waals surface area contributed by atoms with Crippen LogP contribution in [0.5, 0.6) is 0 Å². The van der Waals surface area contributed by atoms with Crippen LogP contribution in [0.1, 0.15) is 46.0 Å². The molecule has 1 aliphatic heterocycles. The summed E-state index contributed by atoms with van der Waals surface area (Å²) >= 11 is 0. The van der Waals surface area contributed by atoms with Crippen LogP contribution < -0.4 is 11.1 Å². The molecule has 21 heavy (non-hydrogen) atoms. The molecule has 0 saturated carbocycles. The number of carbonyl (C=O) groups is 1. The summed E-state index contributed by atoms with van der Waals surface area (Å²) < 4.78 is 0. The third-order valence-electron chi connectivity index (χ3n) is 4.99. The Morgan fingerprint density at radius 2 is 2.19 bits per heavy atom. The van der Waals surface area contributed by atoms with E-state index in [1.54, 1.807) is 7.05 Å². The second-order valence-electron chi connectivity index (χ2n) is 6.59. The van der Waals surface area contributed by atoms with Crippen LogP contribution in [0, 0.1) is 0 Å². The summed E-state index contributed by atoms with van der Waals surface area (Å²) in [6.45, 7) is 8.81. The molecule has 1 saturated heterocycles. The molecule has 0 aromatic rings. The molecule has 0 aromatic carbocycles. The molecule has 2 atom stereocenters. The molecule has 0 bridgehead atoms. The molecular weight excluding hydrogens is 264 g/mol. The van der Waals surface area contributed by atoms with Gasteiger partial charge in [-0.1, -0.05) is 6.92 Å². The van der Waals surface area contributed by atoms with E-state index < -0.39 is 5.54 Å². The topological polar surface area (TPSA) is 61.6 Å². The highest BCUT2D eigenvalue weighted by atomic mass is 16.1. The molecule has 1 amide bonds. The van der Waals surface area contributed by atoms with Gasteiger partial charge in [0.1, 0.15) is 0 Å². The second kappa shape index (κ2) is 8.71. The Bertz CT molecular complexity index is 323. The van der Waals surface area contributed by atoms with Gasteiger partial charge < -0.3 is 16.0 Å². The van der Waals surface area contributed by atoms with E-state index >= 15 is 0 Å². The Morgan fingerprint density at radius 1 is 1.48 bits per heavy atom. The first-order valence-electron chi connectivity index (χ1n) is 8.34. The molecule has 2 unspecified atom stereocenters. The molecule has 0 aliphatic carbocycles. The van der Waals surface area contributed by atoms with Crippen molar-refractivity contribution in [3.05, 3.63) is 0 Å². The number of rotatable bonds is 10. The number of nitrogens with zero attached hydrogens (tertiary/aromatic N) is 2. The van der Waals surface area contributed by atoms with Gasteiger partial charge in [0.05, 0.1) is 5.54 Å². The van der Waals surface area contributed by atoms with E-state index in [4.69, 9.17) is 5.73 Å². The third kappa shape index (κ3) is 5.57. The van der Waals surface area contributed by atoms with Gasteiger partial charge in [0.25, 0.3) is 0 Å². The van der Waals surface area contributed by atoms with Crippen molar-refractivity contribution in [2.45, 2.75) is 57.5 Å². The predicted octanol–water partition coefficient (Wildman–Crippen LogP) is 1.04. The van der Waals surface area contributed by atoms with E-state index in [0.29, 0.717) is 0 Å². The van der Waals surface area contributed by atoms with Crippen molar-refractivity contribution in [1.29, 1.82) is 0 Å². The maximum Gasteiger partial charge on any atom is 0.237 e. The summed E-state index contributed by atoms with van der Waals surface area (Å²) in [5.41, 5.74) is 4.88. The first-order valence-corrected chi connectivity index (χ1v) is 8.34. The number of likely N-dealkylation sites (N-methyl/N-ethyl adjacent to an activating group) is 3. The largest absolute Gasteiger partial charge is 0.368 e. The number of nitrogens with two attached hydrogens (primary N) is 1. The standard InChI is InChI=1S/C16H34N4O/c1-5-20-12-8-9-14(20)13-19(4)11-7-6-10-16(2,18-3)15(17)21/h14,18H,5-13H2,1-4H3,(H2,17,21). The lowest BCUT2D eigenvalue weighted by Crippen LogP contribution is -2.51. The van der Waals surface area contributed by atoms with E-state index in [1.165, 1.54) is 19.4 Å². The van der Waals surface area contributed by atoms with Gasteiger partial charge in [-0.25, -0.2) is 0 Å². The minimum atomic E-state index is -0.566. The molecule has 5 heteroatoms. The van der Waals surface area contributed by atoms with E-state index in [-0.39, 0.29) is 5.91 Å². The van der Waals surface area contributed by atoms with Gasteiger partial charge in [0.15, 0.2) is 0 Å². The van der Waals surface area contributed by atoms with E-state index in [0.717, 1.165) is 44.9 Å². The first kappa shape index (κ1) is 18.4. The first-order chi connectivity index (χ1) is 9.92. The summed E-state index contributed by atoms with van der Waals surface area (Å²) in [4.78, 5) is 16.4. The van der Waals surface area contributed by atoms with Crippen LogP contribution in [0.4, 0.5) is 0 Å². The zero-order chi connectivity index (χ0) is 15.9. The molecule has 124 valence electrons. The highest BCUT2D eigenvalue weighted by molar-refractivity contribution is 5.84. The number of primary amides is 1. The Morgan fingerprint density at radius 3 is 2.76 bits per heavy atom. The van der Waals surface area contributed by atoms with Gasteiger partial charge in [-0.15, -0.1) is 0 Å². The van der Waals surface area contributed by atoms with Crippen molar-refractivity contribution in [2.75, 3.05) is 40.3 Å². The summed E-state index contributed by atoms with van der Waals surface area (Å²) in [5.74, 6) is -0.261. The normalized spacial score (nSPS) is 22.6. The van der Waals surface area contributed by atoms with Crippen LogP contribution in [0.15, 0.2) is 0 Å². The molecule has 0 aromatic heterocycles. The maximum atomic E-state index is 11.4. The molecular formula is C16H34N4O. The fourth-order valence-corrected chi connectivity index (χ4v) is 3.20. The number of hydrogen-bond acceptors (Lipinski definition) is 4. The lowest BCUT2D eigenvalue weighted by Gasteiger charge is -2.28. The molecule has 0 spiro atoms. The highest BCUT2D eigenvalue weighted by Crippen LogP contribution is 2.18. The minimum absolute atomic E-state index is 0.261. The second-order valence-corrected chi connectivity index (χ2v) is 6.59. The van der Waals surface area contributed by atoms with Gasteiger partial charge >= 0.3 is 0 Å². The fourth-order valence-electron chi connectivity index (χ4n) is 3.20. The predicted molar refractivity (Wildman–Crippen MR) is 88.3 cm³/mol. The summed E-state index contributed by atoms with van der Waals surface area (Å²) in [6.07, 6.45) is 5.60. The average Bonchev–Trinajstić information content (AvgIpc) is 2.90. The highest BCUT2D eigenvalue weighted by Gasteiger charge is 2.28. The molecule has 1 fully saturated rings. The zero-order valence-electron chi connectivity index (χ0n) is 14.3. The molecule has 0 radical (unpaired) electrons. The van der Waals surface area contributed by atoms with E-state index in [1.807, 2.05) is 6.92 Å². The summed E-state index contributed by atoms with van der Waals surface area (Å²) in [5, 5.41) is 3.04. The van der Waals surface area contributed by atoms with Crippen molar-refractivity contribution < 1.29 is 4.79 Å². The number of hydrogen-bond donors (Lipinski definition) is 2. The van der Waals surface area contributed by atoms with E-state index in [9.17, 15) is 4.79 Å². The Labute approximate surface area is 130 Å². The Hall–Kier alpha value is -0.650. The van der Waals surface area contributed by atoms with Crippen LogP contribution in [0.3, 0.4) is 0 Å². The van der Waals surface area contributed by atoms with Gasteiger partial charge in [-0.2, -0.15) is 0 Å². The molecule has 3 N–H and O–H groups in total. The lowest BCUT2D eigenvalue weighted by molar-refractivity contribution is -0.123. The number of likely N-dealkylation sites (tertiary alicyclic amines) is 1. The van der Waals surface area contributed by atoms with Crippen LogP contribution in [-0.2, 0) is 4.79 Å². The van der Waals surface area contributed by atoms with E-state index in [2.05, 4.69) is 29.1 Å². The molecule has 5 nitrogen and oxygen atoms in total. The fraction of sp³-hybridized carbons (Fsp3) is 0.938. The number of amides is 1. The third-order valence-corrected chi connectivity index (χ3v) is 4.99. The number of unbranched alkanes of at least 4 members (excludes halogenated alkanes) is 1. The van der Waals surface area contributed by atoms with Gasteiger partial charge in [-0.05, 0) is 72.8 Å². The monoisotopic (exact) mass is 298 g/mol. The van der Waals surface area contributed by atoms with Crippen molar-refractivity contribution in [2.24, 2.45) is 5.73 Å². The lowest BCUT2D eigenvalue weighted by atomic mass is 9.94.